The van der Waals surface area contributed by atoms with Crippen LogP contribution >= 0.6 is 0 Å². The molecule has 1 spiro atoms. The number of benzene rings is 1. The van der Waals surface area contributed by atoms with Crippen molar-refractivity contribution in [2.45, 2.75) is 51.1 Å². The lowest BCUT2D eigenvalue weighted by molar-refractivity contribution is -0.131. The second-order valence-electron chi connectivity index (χ2n) is 8.97. The summed E-state index contributed by atoms with van der Waals surface area (Å²) in [6.45, 7) is 7.40. The normalized spacial score (nSPS) is 28.0. The molecule has 0 aromatic heterocycles. The van der Waals surface area contributed by atoms with Gasteiger partial charge in [0.05, 0.1) is 0 Å². The molecule has 0 unspecified atom stereocenters. The zero-order chi connectivity index (χ0) is 19.0. The fourth-order valence-electron chi connectivity index (χ4n) is 4.71. The summed E-state index contributed by atoms with van der Waals surface area (Å²) in [6.07, 6.45) is 5.21. The average Bonchev–Trinajstić information content (AvgIpc) is 3.47. The van der Waals surface area contributed by atoms with Gasteiger partial charge >= 0.3 is 0 Å². The number of hydrogen-bond acceptors (Lipinski definition) is 3. The van der Waals surface area contributed by atoms with Gasteiger partial charge in [-0.1, -0.05) is 12.1 Å². The van der Waals surface area contributed by atoms with E-state index in [0.717, 1.165) is 63.6 Å². The number of likely N-dealkylation sites (N-methyl/N-ethyl adjacent to an activating group) is 1. The topological polar surface area (TPSA) is 26.8 Å². The van der Waals surface area contributed by atoms with Crippen LogP contribution in [0.15, 0.2) is 18.2 Å². The minimum absolute atomic E-state index is 0.0649. The van der Waals surface area contributed by atoms with Gasteiger partial charge in [0.25, 0.3) is 0 Å². The molecule has 1 aliphatic carbocycles. The van der Waals surface area contributed by atoms with Crippen LogP contribution in [-0.2, 0) is 11.3 Å². The average molecular weight is 374 g/mol. The third-order valence-corrected chi connectivity index (χ3v) is 6.90. The molecule has 1 atom stereocenters. The van der Waals surface area contributed by atoms with Crippen LogP contribution < -0.4 is 0 Å². The van der Waals surface area contributed by atoms with E-state index in [9.17, 15) is 9.18 Å². The van der Waals surface area contributed by atoms with Gasteiger partial charge in [-0.3, -0.25) is 14.6 Å². The molecule has 4 rings (SSSR count). The predicted molar refractivity (Wildman–Crippen MR) is 105 cm³/mol. The Hall–Kier alpha value is -1.46. The first-order chi connectivity index (χ1) is 12.9. The molecule has 0 bridgehead atoms. The summed E-state index contributed by atoms with van der Waals surface area (Å²) in [5.74, 6) is 0.969. The molecule has 0 radical (unpaired) electrons. The van der Waals surface area contributed by atoms with Crippen LogP contribution in [0.4, 0.5) is 4.39 Å². The van der Waals surface area contributed by atoms with E-state index in [1.807, 2.05) is 12.1 Å². The van der Waals surface area contributed by atoms with Crippen LogP contribution in [-0.4, -0.2) is 65.9 Å². The minimum atomic E-state index is -0.118. The molecule has 3 fully saturated rings. The lowest BCUT2D eigenvalue weighted by Gasteiger charge is -2.49. The molecule has 3 aliphatic rings. The van der Waals surface area contributed by atoms with Crippen molar-refractivity contribution < 1.29 is 9.18 Å². The van der Waals surface area contributed by atoms with Crippen molar-refractivity contribution in [1.29, 1.82) is 0 Å². The Morgan fingerprint density at radius 1 is 1.19 bits per heavy atom. The summed E-state index contributed by atoms with van der Waals surface area (Å²) in [6, 6.07) is 5.59. The maximum Gasteiger partial charge on any atom is 0.222 e. The number of nitrogens with zero attached hydrogens (tertiary/aromatic N) is 3. The highest BCUT2D eigenvalue weighted by Gasteiger charge is 2.42. The largest absolute Gasteiger partial charge is 0.342 e. The first-order valence-corrected chi connectivity index (χ1v) is 10.4. The lowest BCUT2D eigenvalue weighted by atomic mass is 9.86. The number of rotatable bonds is 4. The zero-order valence-electron chi connectivity index (χ0n) is 16.7. The molecule has 148 valence electrons. The Bertz CT molecular complexity index is 705. The molecule has 1 amide bonds. The van der Waals surface area contributed by atoms with Crippen LogP contribution in [0.25, 0.3) is 0 Å². The SMILES string of the molecule is Cc1ccc(CN2CCN(C)[C@@]3(CCC(=O)N(CC4CC4)CC3)C2)cc1F. The molecular formula is C22H32FN3O. The van der Waals surface area contributed by atoms with Crippen molar-refractivity contribution in [2.24, 2.45) is 5.92 Å². The Balaban J connectivity index is 1.44. The molecule has 4 nitrogen and oxygen atoms in total. The predicted octanol–water partition coefficient (Wildman–Crippen LogP) is 3.04. The summed E-state index contributed by atoms with van der Waals surface area (Å²) < 4.78 is 13.9. The van der Waals surface area contributed by atoms with E-state index >= 15 is 0 Å². The molecular weight excluding hydrogens is 341 g/mol. The van der Waals surface area contributed by atoms with E-state index < -0.39 is 0 Å². The summed E-state index contributed by atoms with van der Waals surface area (Å²) in [7, 11) is 2.21. The fourth-order valence-corrected chi connectivity index (χ4v) is 4.71. The second-order valence-corrected chi connectivity index (χ2v) is 8.97. The van der Waals surface area contributed by atoms with Crippen molar-refractivity contribution in [1.82, 2.24) is 14.7 Å². The molecule has 1 aromatic carbocycles. The van der Waals surface area contributed by atoms with Crippen LogP contribution in [0.1, 0.15) is 43.2 Å². The Morgan fingerprint density at radius 2 is 2.00 bits per heavy atom. The quantitative estimate of drug-likeness (QED) is 0.812. The van der Waals surface area contributed by atoms with Crippen LogP contribution in [0.3, 0.4) is 0 Å². The number of carbonyl (C=O) groups excluding carboxylic acids is 1. The molecule has 0 N–H and O–H groups in total. The molecule has 2 aliphatic heterocycles. The van der Waals surface area contributed by atoms with E-state index in [1.165, 1.54) is 12.8 Å². The summed E-state index contributed by atoms with van der Waals surface area (Å²) in [4.78, 5) is 19.7. The highest BCUT2D eigenvalue weighted by Crippen LogP contribution is 2.35. The van der Waals surface area contributed by atoms with Gasteiger partial charge in [0.15, 0.2) is 0 Å². The number of aryl methyl sites for hydroxylation is 1. The molecule has 1 aromatic rings. The number of likely N-dealkylation sites (tertiary alicyclic amines) is 1. The summed E-state index contributed by atoms with van der Waals surface area (Å²) in [5.41, 5.74) is 1.81. The van der Waals surface area contributed by atoms with Gasteiger partial charge in [0.2, 0.25) is 5.91 Å². The van der Waals surface area contributed by atoms with E-state index in [1.54, 1.807) is 13.0 Å². The maximum absolute atomic E-state index is 13.9. The Morgan fingerprint density at radius 3 is 2.74 bits per heavy atom. The highest BCUT2D eigenvalue weighted by molar-refractivity contribution is 5.76. The van der Waals surface area contributed by atoms with Gasteiger partial charge in [-0.15, -0.1) is 0 Å². The van der Waals surface area contributed by atoms with Crippen LogP contribution in [0.2, 0.25) is 0 Å². The monoisotopic (exact) mass is 373 g/mol. The third kappa shape index (κ3) is 4.19. The summed E-state index contributed by atoms with van der Waals surface area (Å²) in [5, 5.41) is 0. The molecule has 1 saturated carbocycles. The number of hydrogen-bond donors (Lipinski definition) is 0. The highest BCUT2D eigenvalue weighted by atomic mass is 19.1. The van der Waals surface area contributed by atoms with Crippen molar-refractivity contribution in [3.8, 4) is 0 Å². The van der Waals surface area contributed by atoms with E-state index in [4.69, 9.17) is 0 Å². The van der Waals surface area contributed by atoms with Crippen molar-refractivity contribution in [3.63, 3.8) is 0 Å². The van der Waals surface area contributed by atoms with Crippen molar-refractivity contribution in [2.75, 3.05) is 39.8 Å². The Kier molecular flexibility index (Phi) is 5.26. The van der Waals surface area contributed by atoms with Crippen LogP contribution in [0.5, 0.6) is 0 Å². The van der Waals surface area contributed by atoms with Gasteiger partial charge in [0, 0.05) is 51.2 Å². The van der Waals surface area contributed by atoms with Crippen LogP contribution in [0, 0.1) is 18.7 Å². The molecule has 2 saturated heterocycles. The Labute approximate surface area is 162 Å². The number of halogens is 1. The standard InChI is InChI=1S/C22H32FN3O/c1-17-3-4-19(13-20(17)23)14-25-12-11-24(2)22(16-25)8-7-21(27)26(10-9-22)15-18-5-6-18/h3-4,13,18H,5-12,14-16H2,1-2H3/t22-/m1/s1. The second kappa shape index (κ2) is 7.51. The zero-order valence-corrected chi connectivity index (χ0v) is 16.7. The number of carbonyl (C=O) groups is 1. The molecule has 5 heteroatoms. The van der Waals surface area contributed by atoms with Crippen molar-refractivity contribution >= 4 is 5.91 Å². The number of amides is 1. The maximum atomic E-state index is 13.9. The lowest BCUT2D eigenvalue weighted by Crippen LogP contribution is -2.60. The smallest absolute Gasteiger partial charge is 0.222 e. The van der Waals surface area contributed by atoms with Crippen molar-refractivity contribution in [3.05, 3.63) is 35.1 Å². The fraction of sp³-hybridized carbons (Fsp3) is 0.682. The third-order valence-electron chi connectivity index (χ3n) is 6.90. The van der Waals surface area contributed by atoms with Gasteiger partial charge < -0.3 is 4.90 Å². The van der Waals surface area contributed by atoms with Gasteiger partial charge in [0.1, 0.15) is 5.82 Å². The van der Waals surface area contributed by atoms with E-state index in [2.05, 4.69) is 21.7 Å². The van der Waals surface area contributed by atoms with E-state index in [-0.39, 0.29) is 11.4 Å². The van der Waals surface area contributed by atoms with Gasteiger partial charge in [-0.25, -0.2) is 4.39 Å². The molecule has 2 heterocycles. The van der Waals surface area contributed by atoms with E-state index in [0.29, 0.717) is 17.9 Å². The molecule has 27 heavy (non-hydrogen) atoms. The minimum Gasteiger partial charge on any atom is -0.342 e. The van der Waals surface area contributed by atoms with Gasteiger partial charge in [-0.05, 0) is 62.8 Å². The first-order valence-electron chi connectivity index (χ1n) is 10.4. The number of piperazine rings is 1. The summed E-state index contributed by atoms with van der Waals surface area (Å²) >= 11 is 0. The first kappa shape index (κ1) is 18.9. The van der Waals surface area contributed by atoms with Gasteiger partial charge in [-0.2, -0.15) is 0 Å².